The molecule has 0 atom stereocenters. The zero-order valence-corrected chi connectivity index (χ0v) is 9.29. The van der Waals surface area contributed by atoms with E-state index in [0.717, 1.165) is 0 Å². The number of nitroso groups, excluding NO2 is 1. The Labute approximate surface area is 90.2 Å². The van der Waals surface area contributed by atoms with Crippen molar-refractivity contribution < 1.29 is 9.90 Å². The molecule has 0 saturated carbocycles. The first-order valence-electron chi connectivity index (χ1n) is 3.12. The lowest BCUT2D eigenvalue weighted by molar-refractivity contribution is 0.0697. The molecule has 0 aliphatic carbocycles. The average molecular weight is 309 g/mol. The highest BCUT2D eigenvalue weighted by Crippen LogP contribution is 2.34. The molecule has 0 aromatic heterocycles. The third-order valence-corrected chi connectivity index (χ3v) is 2.56. The molecule has 0 heterocycles. The average Bonchev–Trinajstić information content (AvgIpc) is 2.03. The molecule has 0 bridgehead atoms. The van der Waals surface area contributed by atoms with Gasteiger partial charge in [0, 0.05) is 8.95 Å². The van der Waals surface area contributed by atoms with Crippen LogP contribution in [0.5, 0.6) is 0 Å². The summed E-state index contributed by atoms with van der Waals surface area (Å²) in [5.41, 5.74) is 0.246. The van der Waals surface area contributed by atoms with Crippen LogP contribution in [-0.2, 0) is 0 Å². The van der Waals surface area contributed by atoms with Crippen LogP contribution in [-0.4, -0.2) is 11.1 Å². The van der Waals surface area contributed by atoms with Crippen LogP contribution in [0.2, 0.25) is 0 Å². The van der Waals surface area contributed by atoms with Gasteiger partial charge in [-0.15, -0.1) is 4.91 Å². The van der Waals surface area contributed by atoms with Crippen molar-refractivity contribution in [2.75, 3.05) is 0 Å². The second-order valence-electron chi connectivity index (χ2n) is 2.18. The lowest BCUT2D eigenvalue weighted by atomic mass is 10.2. The van der Waals surface area contributed by atoms with Gasteiger partial charge in [0.2, 0.25) is 0 Å². The fourth-order valence-corrected chi connectivity index (χ4v) is 2.11. The fourth-order valence-electron chi connectivity index (χ4n) is 0.776. The van der Waals surface area contributed by atoms with Gasteiger partial charge >= 0.3 is 5.97 Å². The number of aromatic carboxylic acids is 1. The van der Waals surface area contributed by atoms with Gasteiger partial charge in [-0.3, -0.25) is 0 Å². The van der Waals surface area contributed by atoms with Crippen LogP contribution in [0, 0.1) is 4.91 Å². The van der Waals surface area contributed by atoms with Gasteiger partial charge in [-0.1, -0.05) is 0 Å². The van der Waals surface area contributed by atoms with Crippen molar-refractivity contribution in [3.63, 3.8) is 0 Å². The van der Waals surface area contributed by atoms with E-state index in [2.05, 4.69) is 37.0 Å². The van der Waals surface area contributed by atoms with E-state index >= 15 is 0 Å². The summed E-state index contributed by atoms with van der Waals surface area (Å²) in [6.45, 7) is 0. The zero-order valence-electron chi connectivity index (χ0n) is 6.12. The zero-order chi connectivity index (χ0) is 10.0. The van der Waals surface area contributed by atoms with Crippen molar-refractivity contribution in [1.82, 2.24) is 0 Å². The summed E-state index contributed by atoms with van der Waals surface area (Å²) < 4.78 is 0.712. The monoisotopic (exact) mass is 307 g/mol. The molecule has 0 fully saturated rings. The van der Waals surface area contributed by atoms with E-state index in [9.17, 15) is 9.70 Å². The molecule has 1 aromatic carbocycles. The van der Waals surface area contributed by atoms with Crippen LogP contribution >= 0.6 is 31.9 Å². The predicted molar refractivity (Wildman–Crippen MR) is 54.3 cm³/mol. The summed E-state index contributed by atoms with van der Waals surface area (Å²) in [6, 6.07) is 2.65. The van der Waals surface area contributed by atoms with Crippen molar-refractivity contribution in [2.45, 2.75) is 0 Å². The molecule has 0 amide bonds. The van der Waals surface area contributed by atoms with Crippen LogP contribution in [0.3, 0.4) is 0 Å². The van der Waals surface area contributed by atoms with Crippen molar-refractivity contribution >= 4 is 43.5 Å². The van der Waals surface area contributed by atoms with Crippen molar-refractivity contribution in [1.29, 1.82) is 0 Å². The van der Waals surface area contributed by atoms with Crippen molar-refractivity contribution in [3.05, 3.63) is 31.5 Å². The van der Waals surface area contributed by atoms with Crippen molar-refractivity contribution in [2.24, 2.45) is 5.18 Å². The maximum Gasteiger partial charge on any atom is 0.335 e. The number of rotatable bonds is 2. The van der Waals surface area contributed by atoms with E-state index in [1.54, 1.807) is 0 Å². The lowest BCUT2D eigenvalue weighted by Crippen LogP contribution is -1.95. The predicted octanol–water partition coefficient (Wildman–Crippen LogP) is 3.31. The van der Waals surface area contributed by atoms with Gasteiger partial charge in [-0.05, 0) is 49.2 Å². The number of benzene rings is 1. The molecular formula is C7H3Br2NO3. The molecule has 0 aliphatic rings. The molecule has 0 spiro atoms. The number of carbonyl (C=O) groups is 1. The van der Waals surface area contributed by atoms with E-state index in [1.807, 2.05) is 0 Å². The lowest BCUT2D eigenvalue weighted by Gasteiger charge is -2.00. The minimum absolute atomic E-state index is 0.0890. The number of carboxylic acid groups (broad SMARTS) is 1. The molecule has 1 N–H and O–H groups in total. The molecule has 13 heavy (non-hydrogen) atoms. The second-order valence-corrected chi connectivity index (χ2v) is 3.89. The number of halogens is 2. The number of nitrogens with zero attached hydrogens (tertiary/aromatic N) is 1. The van der Waals surface area contributed by atoms with Gasteiger partial charge in [-0.2, -0.15) is 0 Å². The Bertz CT molecular complexity index is 355. The first-order chi connectivity index (χ1) is 6.06. The molecule has 0 unspecified atom stereocenters. The first-order valence-corrected chi connectivity index (χ1v) is 4.70. The number of hydrogen-bond donors (Lipinski definition) is 1. The molecule has 4 nitrogen and oxygen atoms in total. The maximum atomic E-state index is 10.6. The summed E-state index contributed by atoms with van der Waals surface area (Å²) in [6.07, 6.45) is 0. The van der Waals surface area contributed by atoms with E-state index in [4.69, 9.17) is 5.11 Å². The van der Waals surface area contributed by atoms with E-state index in [-0.39, 0.29) is 11.3 Å². The SMILES string of the molecule is O=Nc1c(Br)cc(C(=O)O)cc1Br. The first kappa shape index (κ1) is 10.3. The molecular weight excluding hydrogens is 306 g/mol. The maximum absolute atomic E-state index is 10.6. The standard InChI is InChI=1S/C7H3Br2NO3/c8-4-1-3(7(11)12)2-5(9)6(4)10-13/h1-2H,(H,11,12). The normalized spacial score (nSPS) is 9.69. The molecule has 0 saturated heterocycles. The Balaban J connectivity index is 3.36. The van der Waals surface area contributed by atoms with Gasteiger partial charge in [0.25, 0.3) is 0 Å². The van der Waals surface area contributed by atoms with Crippen molar-refractivity contribution in [3.8, 4) is 0 Å². The van der Waals surface area contributed by atoms with Gasteiger partial charge in [-0.25, -0.2) is 4.79 Å². The smallest absolute Gasteiger partial charge is 0.335 e. The second kappa shape index (κ2) is 3.97. The summed E-state index contributed by atoms with van der Waals surface area (Å²) in [5, 5.41) is 11.4. The molecule has 6 heteroatoms. The summed E-state index contributed by atoms with van der Waals surface area (Å²) in [7, 11) is 0. The van der Waals surface area contributed by atoms with Gasteiger partial charge in [0.15, 0.2) is 0 Å². The Morgan fingerprint density at radius 2 is 1.77 bits per heavy atom. The number of carboxylic acids is 1. The van der Waals surface area contributed by atoms with E-state index in [0.29, 0.717) is 8.95 Å². The van der Waals surface area contributed by atoms with E-state index < -0.39 is 5.97 Å². The largest absolute Gasteiger partial charge is 0.478 e. The Hall–Kier alpha value is -0.750. The van der Waals surface area contributed by atoms with Crippen LogP contribution in [0.25, 0.3) is 0 Å². The molecule has 0 radical (unpaired) electrons. The topological polar surface area (TPSA) is 66.7 Å². The Kier molecular flexibility index (Phi) is 3.16. The number of hydrogen-bond acceptors (Lipinski definition) is 3. The third kappa shape index (κ3) is 2.13. The minimum atomic E-state index is -1.06. The highest BCUT2D eigenvalue weighted by molar-refractivity contribution is 9.11. The van der Waals surface area contributed by atoms with Crippen LogP contribution in [0.1, 0.15) is 10.4 Å². The summed E-state index contributed by atoms with van der Waals surface area (Å²) in [4.78, 5) is 20.8. The quantitative estimate of drug-likeness (QED) is 0.852. The van der Waals surface area contributed by atoms with Crippen LogP contribution < -0.4 is 0 Å². The van der Waals surface area contributed by atoms with Gasteiger partial charge in [0.1, 0.15) is 5.69 Å². The Morgan fingerprint density at radius 3 is 2.08 bits per heavy atom. The summed E-state index contributed by atoms with van der Waals surface area (Å²) >= 11 is 6.08. The molecule has 1 rings (SSSR count). The van der Waals surface area contributed by atoms with Gasteiger partial charge in [0.05, 0.1) is 5.56 Å². The minimum Gasteiger partial charge on any atom is -0.478 e. The van der Waals surface area contributed by atoms with Gasteiger partial charge < -0.3 is 5.11 Å². The molecule has 68 valence electrons. The highest BCUT2D eigenvalue weighted by Gasteiger charge is 2.11. The van der Waals surface area contributed by atoms with Crippen LogP contribution in [0.15, 0.2) is 26.3 Å². The fraction of sp³-hybridized carbons (Fsp3) is 0. The van der Waals surface area contributed by atoms with E-state index in [1.165, 1.54) is 12.1 Å². The molecule has 1 aromatic rings. The summed E-state index contributed by atoms with van der Waals surface area (Å²) in [5.74, 6) is -1.06. The highest BCUT2D eigenvalue weighted by atomic mass is 79.9. The van der Waals surface area contributed by atoms with Crippen LogP contribution in [0.4, 0.5) is 5.69 Å². The third-order valence-electron chi connectivity index (χ3n) is 1.36. The Morgan fingerprint density at radius 1 is 1.31 bits per heavy atom. The molecule has 0 aliphatic heterocycles.